The maximum Gasteiger partial charge on any atom is 0.321 e. The van der Waals surface area contributed by atoms with Crippen molar-refractivity contribution in [2.75, 3.05) is 18.5 Å². The summed E-state index contributed by atoms with van der Waals surface area (Å²) >= 11 is 0. The van der Waals surface area contributed by atoms with Gasteiger partial charge in [-0.15, -0.1) is 0 Å². The Bertz CT molecular complexity index is 519. The lowest BCUT2D eigenvalue weighted by Gasteiger charge is -2.07. The van der Waals surface area contributed by atoms with E-state index in [-0.39, 0.29) is 0 Å². The molecule has 19 heavy (non-hydrogen) atoms. The maximum atomic E-state index is 5.45. The second kappa shape index (κ2) is 6.58. The summed E-state index contributed by atoms with van der Waals surface area (Å²) in [6.07, 6.45) is 5.69. The van der Waals surface area contributed by atoms with Gasteiger partial charge in [-0.3, -0.25) is 4.98 Å². The number of ether oxygens (including phenoxy) is 1. The fraction of sp³-hybridized carbons (Fsp3) is 0.417. The standard InChI is InChI=1S/C12H16N6O/c1-3-7-19-12-17-10(9-8-13-5-6-15-9)16-11(18-12)14-4-2/h5-6,8H,3-4,7H2,1-2H3,(H,14,16,17,18). The van der Waals surface area contributed by atoms with Crippen LogP contribution in [0.25, 0.3) is 11.5 Å². The predicted molar refractivity (Wildman–Crippen MR) is 70.8 cm³/mol. The Kier molecular flexibility index (Phi) is 4.54. The van der Waals surface area contributed by atoms with E-state index in [9.17, 15) is 0 Å². The normalized spacial score (nSPS) is 10.2. The molecule has 0 spiro atoms. The minimum absolute atomic E-state index is 0.299. The number of anilines is 1. The molecule has 2 aromatic rings. The van der Waals surface area contributed by atoms with Gasteiger partial charge in [0.1, 0.15) is 5.69 Å². The van der Waals surface area contributed by atoms with E-state index in [4.69, 9.17) is 4.74 Å². The second-order valence-electron chi connectivity index (χ2n) is 3.73. The molecular weight excluding hydrogens is 244 g/mol. The van der Waals surface area contributed by atoms with Crippen LogP contribution in [-0.4, -0.2) is 38.1 Å². The molecule has 0 atom stereocenters. The summed E-state index contributed by atoms with van der Waals surface area (Å²) in [6, 6.07) is 0.299. The third kappa shape index (κ3) is 3.57. The smallest absolute Gasteiger partial charge is 0.321 e. The number of nitrogens with one attached hydrogen (secondary N) is 1. The lowest BCUT2D eigenvalue weighted by Crippen LogP contribution is -2.08. The first kappa shape index (κ1) is 13.1. The molecule has 100 valence electrons. The number of rotatable bonds is 6. The van der Waals surface area contributed by atoms with E-state index in [1.165, 1.54) is 0 Å². The van der Waals surface area contributed by atoms with Gasteiger partial charge in [0.05, 0.1) is 12.8 Å². The molecule has 2 rings (SSSR count). The van der Waals surface area contributed by atoms with Crippen LogP contribution in [0, 0.1) is 0 Å². The summed E-state index contributed by atoms with van der Waals surface area (Å²) in [5.41, 5.74) is 0.588. The third-order valence-corrected chi connectivity index (χ3v) is 2.18. The van der Waals surface area contributed by atoms with Crippen LogP contribution in [0.1, 0.15) is 20.3 Å². The van der Waals surface area contributed by atoms with Crippen LogP contribution in [-0.2, 0) is 0 Å². The van der Waals surface area contributed by atoms with E-state index in [1.54, 1.807) is 18.6 Å². The molecule has 0 saturated heterocycles. The van der Waals surface area contributed by atoms with E-state index >= 15 is 0 Å². The van der Waals surface area contributed by atoms with Crippen LogP contribution < -0.4 is 10.1 Å². The van der Waals surface area contributed by atoms with Crippen LogP contribution in [0.3, 0.4) is 0 Å². The van der Waals surface area contributed by atoms with E-state index in [0.29, 0.717) is 30.1 Å². The molecule has 0 radical (unpaired) electrons. The summed E-state index contributed by atoms with van der Waals surface area (Å²) in [5.74, 6) is 0.925. The Morgan fingerprint density at radius 1 is 1.16 bits per heavy atom. The number of nitrogens with zero attached hydrogens (tertiary/aromatic N) is 5. The highest BCUT2D eigenvalue weighted by Crippen LogP contribution is 2.15. The highest BCUT2D eigenvalue weighted by atomic mass is 16.5. The van der Waals surface area contributed by atoms with Gasteiger partial charge in [0, 0.05) is 18.9 Å². The minimum Gasteiger partial charge on any atom is -0.463 e. The Hall–Kier alpha value is -2.31. The summed E-state index contributed by atoms with van der Waals surface area (Å²) in [5, 5.41) is 3.04. The van der Waals surface area contributed by atoms with E-state index < -0.39 is 0 Å². The molecular formula is C12H16N6O. The monoisotopic (exact) mass is 260 g/mol. The number of aromatic nitrogens is 5. The quantitative estimate of drug-likeness (QED) is 0.843. The van der Waals surface area contributed by atoms with Gasteiger partial charge in [-0.1, -0.05) is 6.92 Å². The molecule has 0 unspecified atom stereocenters. The Labute approximate surface area is 111 Å². The highest BCUT2D eigenvalue weighted by Gasteiger charge is 2.10. The molecule has 0 amide bonds. The molecule has 7 nitrogen and oxygen atoms in total. The molecule has 0 saturated carbocycles. The lowest BCUT2D eigenvalue weighted by atomic mass is 10.4. The summed E-state index contributed by atoms with van der Waals surface area (Å²) in [7, 11) is 0. The van der Waals surface area contributed by atoms with Crippen LogP contribution in [0.4, 0.5) is 5.95 Å². The molecule has 0 aliphatic carbocycles. The van der Waals surface area contributed by atoms with Gasteiger partial charge >= 0.3 is 6.01 Å². The summed E-state index contributed by atoms with van der Waals surface area (Å²) < 4.78 is 5.45. The van der Waals surface area contributed by atoms with Crippen molar-refractivity contribution in [3.63, 3.8) is 0 Å². The van der Waals surface area contributed by atoms with Crippen molar-refractivity contribution in [2.45, 2.75) is 20.3 Å². The molecule has 0 bridgehead atoms. The van der Waals surface area contributed by atoms with Crippen LogP contribution in [0.5, 0.6) is 6.01 Å². The Balaban J connectivity index is 2.33. The molecule has 7 heteroatoms. The first-order valence-electron chi connectivity index (χ1n) is 6.22. The van der Waals surface area contributed by atoms with Crippen molar-refractivity contribution in [1.82, 2.24) is 24.9 Å². The van der Waals surface area contributed by atoms with Gasteiger partial charge in [-0.25, -0.2) is 4.98 Å². The number of hydrogen-bond donors (Lipinski definition) is 1. The van der Waals surface area contributed by atoms with Crippen LogP contribution in [0.2, 0.25) is 0 Å². The Morgan fingerprint density at radius 3 is 2.74 bits per heavy atom. The average Bonchev–Trinajstić information content (AvgIpc) is 2.46. The van der Waals surface area contributed by atoms with Gasteiger partial charge in [0.15, 0.2) is 5.82 Å². The molecule has 1 N–H and O–H groups in total. The molecule has 0 aliphatic heterocycles. The SMILES string of the molecule is CCCOc1nc(NCC)nc(-c2cnccn2)n1. The zero-order valence-corrected chi connectivity index (χ0v) is 11.0. The topological polar surface area (TPSA) is 85.7 Å². The van der Waals surface area contributed by atoms with Crippen molar-refractivity contribution >= 4 is 5.95 Å². The fourth-order valence-corrected chi connectivity index (χ4v) is 1.38. The van der Waals surface area contributed by atoms with Gasteiger partial charge in [-0.05, 0) is 13.3 Å². The molecule has 0 aromatic carbocycles. The van der Waals surface area contributed by atoms with Gasteiger partial charge in [-0.2, -0.15) is 15.0 Å². The molecule has 2 aromatic heterocycles. The first-order chi connectivity index (χ1) is 9.33. The third-order valence-electron chi connectivity index (χ3n) is 2.18. The zero-order valence-electron chi connectivity index (χ0n) is 11.0. The largest absolute Gasteiger partial charge is 0.463 e. The van der Waals surface area contributed by atoms with Crippen molar-refractivity contribution in [3.8, 4) is 17.5 Å². The van der Waals surface area contributed by atoms with Crippen molar-refractivity contribution in [3.05, 3.63) is 18.6 Å². The highest BCUT2D eigenvalue weighted by molar-refractivity contribution is 5.49. The maximum absolute atomic E-state index is 5.45. The zero-order chi connectivity index (χ0) is 13.5. The predicted octanol–water partition coefficient (Wildman–Crippen LogP) is 1.55. The molecule has 0 aliphatic rings. The molecule has 2 heterocycles. The first-order valence-corrected chi connectivity index (χ1v) is 6.22. The van der Waals surface area contributed by atoms with Gasteiger partial charge in [0.2, 0.25) is 5.95 Å². The molecule has 0 fully saturated rings. The second-order valence-corrected chi connectivity index (χ2v) is 3.73. The number of hydrogen-bond acceptors (Lipinski definition) is 7. The fourth-order valence-electron chi connectivity index (χ4n) is 1.38. The van der Waals surface area contributed by atoms with E-state index in [2.05, 4.69) is 30.2 Å². The summed E-state index contributed by atoms with van der Waals surface area (Å²) in [6.45, 7) is 5.28. The van der Waals surface area contributed by atoms with Crippen molar-refractivity contribution in [2.24, 2.45) is 0 Å². The van der Waals surface area contributed by atoms with Crippen molar-refractivity contribution < 1.29 is 4.74 Å². The summed E-state index contributed by atoms with van der Waals surface area (Å²) in [4.78, 5) is 20.9. The Morgan fingerprint density at radius 2 is 2.05 bits per heavy atom. The average molecular weight is 260 g/mol. The van der Waals surface area contributed by atoms with Gasteiger partial charge < -0.3 is 10.1 Å². The van der Waals surface area contributed by atoms with E-state index in [1.807, 2.05) is 13.8 Å². The van der Waals surface area contributed by atoms with Crippen LogP contribution >= 0.6 is 0 Å². The van der Waals surface area contributed by atoms with Crippen molar-refractivity contribution in [1.29, 1.82) is 0 Å². The van der Waals surface area contributed by atoms with Gasteiger partial charge in [0.25, 0.3) is 0 Å². The minimum atomic E-state index is 0.299. The van der Waals surface area contributed by atoms with E-state index in [0.717, 1.165) is 13.0 Å². The lowest BCUT2D eigenvalue weighted by molar-refractivity contribution is 0.292. The van der Waals surface area contributed by atoms with Crippen LogP contribution in [0.15, 0.2) is 18.6 Å².